The highest BCUT2D eigenvalue weighted by atomic mass is 35.5. The van der Waals surface area contributed by atoms with E-state index in [0.29, 0.717) is 39.6 Å². The van der Waals surface area contributed by atoms with Crippen LogP contribution in [0, 0.1) is 0 Å². The summed E-state index contributed by atoms with van der Waals surface area (Å²) >= 11 is 0. The molecule has 0 spiro atoms. The van der Waals surface area contributed by atoms with Crippen molar-refractivity contribution in [2.24, 2.45) is 0 Å². The summed E-state index contributed by atoms with van der Waals surface area (Å²) in [6.07, 6.45) is 23.9. The largest absolute Gasteiger partial charge is 1.00 e. The van der Waals surface area contributed by atoms with Crippen LogP contribution in [0.3, 0.4) is 0 Å². The zero-order valence-corrected chi connectivity index (χ0v) is 27.1. The van der Waals surface area contributed by atoms with Crippen LogP contribution in [0.25, 0.3) is 0 Å². The zero-order valence-electron chi connectivity index (χ0n) is 25.3. The van der Waals surface area contributed by atoms with Crippen molar-refractivity contribution in [1.29, 1.82) is 0 Å². The molecule has 0 aromatic heterocycles. The number of hydrogen-bond acceptors (Lipinski definition) is 5. The first-order valence-electron chi connectivity index (χ1n) is 16.0. The normalized spacial score (nSPS) is 22.7. The molecule has 2 aliphatic heterocycles. The lowest BCUT2D eigenvalue weighted by Crippen LogP contribution is -3.00. The number of fused-ring (bicyclic) bond motifs is 3. The Morgan fingerprint density at radius 1 is 0.579 bits per heavy atom. The topological polar surface area (TPSA) is 46.2 Å². The van der Waals surface area contributed by atoms with Gasteiger partial charge < -0.3 is 39.6 Å². The van der Waals surface area contributed by atoms with Crippen molar-refractivity contribution in [3.63, 3.8) is 0 Å². The molecule has 38 heavy (non-hydrogen) atoms. The molecular weight excluding hydrogens is 518 g/mol. The molecule has 2 bridgehead atoms. The molecule has 2 unspecified atom stereocenters. The van der Waals surface area contributed by atoms with Crippen LogP contribution in [-0.4, -0.2) is 86.2 Å². The maximum atomic E-state index is 6.25. The SMILES string of the molecule is CCCCCCCCCCCCCCCCCC[N+](C)(C)CCC[Si]12OCCOCC(CO1)OCCO2.[Cl-]. The van der Waals surface area contributed by atoms with Crippen molar-refractivity contribution in [2.45, 2.75) is 128 Å². The van der Waals surface area contributed by atoms with E-state index in [-0.39, 0.29) is 18.5 Å². The van der Waals surface area contributed by atoms with Crippen LogP contribution < -0.4 is 12.4 Å². The number of halogens is 1. The second kappa shape index (κ2) is 22.9. The molecule has 0 aromatic rings. The van der Waals surface area contributed by atoms with Crippen molar-refractivity contribution in [2.75, 3.05) is 66.8 Å². The maximum absolute atomic E-state index is 6.25. The Hall–Kier alpha value is 0.267. The van der Waals surface area contributed by atoms with Gasteiger partial charge in [0, 0.05) is 12.5 Å². The first-order valence-corrected chi connectivity index (χ1v) is 17.9. The van der Waals surface area contributed by atoms with E-state index in [9.17, 15) is 0 Å². The van der Waals surface area contributed by atoms with Crippen LogP contribution in [0.1, 0.15) is 116 Å². The predicted molar refractivity (Wildman–Crippen MR) is 155 cm³/mol. The molecule has 0 amide bonds. The van der Waals surface area contributed by atoms with Crippen molar-refractivity contribution in [1.82, 2.24) is 0 Å². The highest BCUT2D eigenvalue weighted by Gasteiger charge is 2.43. The smallest absolute Gasteiger partial charge is 0.501 e. The fourth-order valence-corrected chi connectivity index (χ4v) is 8.01. The lowest BCUT2D eigenvalue weighted by atomic mass is 10.0. The van der Waals surface area contributed by atoms with Crippen LogP contribution in [0.5, 0.6) is 0 Å². The average molecular weight is 580 g/mol. The van der Waals surface area contributed by atoms with Gasteiger partial charge in [-0.3, -0.25) is 0 Å². The summed E-state index contributed by atoms with van der Waals surface area (Å²) in [4.78, 5) is 0. The van der Waals surface area contributed by atoms with E-state index in [2.05, 4.69) is 21.0 Å². The summed E-state index contributed by atoms with van der Waals surface area (Å²) in [7, 11) is 2.10. The van der Waals surface area contributed by atoms with Gasteiger partial charge in [0.1, 0.15) is 6.10 Å². The standard InChI is InChI=1S/C30H62NO5Si.ClH/c1-4-5-6-7-8-9-10-11-12-13-14-15-16-17-18-19-21-31(2,3)22-20-27-37-34-25-23-32-28-30(29-36-37)33-24-26-35-37;/h30H,4-29H2,1-3H3;1H/q+1;/p-1. The lowest BCUT2D eigenvalue weighted by Gasteiger charge is -2.34. The van der Waals surface area contributed by atoms with Gasteiger partial charge in [0.15, 0.2) is 0 Å². The van der Waals surface area contributed by atoms with Gasteiger partial charge in [-0.2, -0.15) is 0 Å². The Balaban J connectivity index is 0.00000722. The summed E-state index contributed by atoms with van der Waals surface area (Å²) < 4.78 is 31.1. The summed E-state index contributed by atoms with van der Waals surface area (Å²) in [5, 5.41) is 0. The van der Waals surface area contributed by atoms with E-state index in [1.54, 1.807) is 0 Å². The highest BCUT2D eigenvalue weighted by Crippen LogP contribution is 2.23. The minimum atomic E-state index is -2.63. The van der Waals surface area contributed by atoms with Crippen LogP contribution >= 0.6 is 0 Å². The van der Waals surface area contributed by atoms with Crippen LogP contribution in [0.2, 0.25) is 6.04 Å². The van der Waals surface area contributed by atoms with Gasteiger partial charge in [-0.15, -0.1) is 0 Å². The summed E-state index contributed by atoms with van der Waals surface area (Å²) in [5.74, 6) is 0. The molecule has 2 atom stereocenters. The number of hydrogen-bond donors (Lipinski definition) is 0. The van der Waals surface area contributed by atoms with Crippen molar-refractivity contribution >= 4 is 8.80 Å². The predicted octanol–water partition coefficient (Wildman–Crippen LogP) is 4.14. The number of unbranched alkanes of at least 4 members (excludes halogenated alkanes) is 15. The fourth-order valence-electron chi connectivity index (χ4n) is 5.51. The molecule has 0 aromatic carbocycles. The molecule has 8 heteroatoms. The van der Waals surface area contributed by atoms with E-state index in [0.717, 1.165) is 23.5 Å². The van der Waals surface area contributed by atoms with Crippen LogP contribution in [-0.2, 0) is 22.8 Å². The Labute approximate surface area is 243 Å². The van der Waals surface area contributed by atoms with E-state index in [4.69, 9.17) is 22.8 Å². The molecule has 2 rings (SSSR count). The number of nitrogens with zero attached hydrogens (tertiary/aromatic N) is 1. The van der Waals surface area contributed by atoms with Crippen LogP contribution in [0.4, 0.5) is 0 Å². The molecule has 0 radical (unpaired) electrons. The van der Waals surface area contributed by atoms with Gasteiger partial charge in [-0.05, 0) is 12.8 Å². The summed E-state index contributed by atoms with van der Waals surface area (Å²) in [6, 6.07) is 0.889. The van der Waals surface area contributed by atoms with E-state index in [1.807, 2.05) is 0 Å². The third kappa shape index (κ3) is 17.9. The van der Waals surface area contributed by atoms with Crippen molar-refractivity contribution in [3.05, 3.63) is 0 Å². The molecular formula is C30H62ClNO5Si. The Kier molecular flexibility index (Phi) is 21.9. The Morgan fingerprint density at radius 3 is 1.66 bits per heavy atom. The van der Waals surface area contributed by atoms with Gasteiger partial charge in [-0.1, -0.05) is 96.8 Å². The van der Waals surface area contributed by atoms with E-state index >= 15 is 0 Å². The molecule has 2 fully saturated rings. The van der Waals surface area contributed by atoms with Gasteiger partial charge in [0.2, 0.25) is 0 Å². The molecule has 0 saturated carbocycles. The zero-order chi connectivity index (χ0) is 26.5. The Morgan fingerprint density at radius 2 is 1.08 bits per heavy atom. The molecule has 2 aliphatic rings. The van der Waals surface area contributed by atoms with Crippen molar-refractivity contribution < 1.29 is 39.6 Å². The minimum Gasteiger partial charge on any atom is -1.00 e. The average Bonchev–Trinajstić information content (AvgIpc) is 2.93. The molecule has 0 N–H and O–H groups in total. The molecule has 228 valence electrons. The van der Waals surface area contributed by atoms with E-state index < -0.39 is 8.80 Å². The number of ether oxygens (including phenoxy) is 2. The first-order chi connectivity index (χ1) is 18.1. The lowest BCUT2D eigenvalue weighted by molar-refractivity contribution is -0.890. The quantitative estimate of drug-likeness (QED) is 0.116. The van der Waals surface area contributed by atoms with Crippen LogP contribution in [0.15, 0.2) is 0 Å². The molecule has 2 saturated heterocycles. The van der Waals surface area contributed by atoms with E-state index in [1.165, 1.54) is 109 Å². The highest BCUT2D eigenvalue weighted by molar-refractivity contribution is 6.60. The monoisotopic (exact) mass is 579 g/mol. The summed E-state index contributed by atoms with van der Waals surface area (Å²) in [6.45, 7) is 8.07. The maximum Gasteiger partial charge on any atom is 0.501 e. The first kappa shape index (κ1) is 36.3. The Bertz CT molecular complexity index is 545. The van der Waals surface area contributed by atoms with Gasteiger partial charge in [-0.25, -0.2) is 0 Å². The molecule has 0 aliphatic carbocycles. The molecule has 2 heterocycles. The molecule has 6 nitrogen and oxygen atoms in total. The van der Waals surface area contributed by atoms with Gasteiger partial charge in [0.05, 0.1) is 66.8 Å². The summed E-state index contributed by atoms with van der Waals surface area (Å²) in [5.41, 5.74) is 0. The second-order valence-electron chi connectivity index (χ2n) is 12.0. The van der Waals surface area contributed by atoms with Gasteiger partial charge >= 0.3 is 8.80 Å². The fraction of sp³-hybridized carbons (Fsp3) is 1.00. The van der Waals surface area contributed by atoms with Gasteiger partial charge in [0.25, 0.3) is 0 Å². The third-order valence-electron chi connectivity index (χ3n) is 7.96. The second-order valence-corrected chi connectivity index (χ2v) is 14.8. The van der Waals surface area contributed by atoms with Crippen molar-refractivity contribution in [3.8, 4) is 0 Å². The minimum absolute atomic E-state index is 0. The number of rotatable bonds is 21. The third-order valence-corrected chi connectivity index (χ3v) is 10.8. The number of quaternary nitrogens is 1.